The minimum atomic E-state index is 0.692. The molecule has 0 saturated heterocycles. The van der Waals surface area contributed by atoms with Crippen LogP contribution in [0.15, 0.2) is 29.8 Å². The monoisotopic (exact) mass is 343 g/mol. The highest BCUT2D eigenvalue weighted by Gasteiger charge is 2.21. The van der Waals surface area contributed by atoms with Gasteiger partial charge in [-0.2, -0.15) is 0 Å². The van der Waals surface area contributed by atoms with Gasteiger partial charge in [0.15, 0.2) is 0 Å². The number of rotatable bonds is 6. The molecule has 118 valence electrons. The van der Waals surface area contributed by atoms with Gasteiger partial charge in [-0.05, 0) is 37.3 Å². The van der Waals surface area contributed by atoms with Crippen LogP contribution in [0.5, 0.6) is 0 Å². The fourth-order valence-corrected chi connectivity index (χ4v) is 5.10. The molecule has 3 heterocycles. The second-order valence-electron chi connectivity index (χ2n) is 5.42. The van der Waals surface area contributed by atoms with Gasteiger partial charge in [0.2, 0.25) is 5.95 Å². The van der Waals surface area contributed by atoms with Crippen LogP contribution in [0.2, 0.25) is 0 Å². The lowest BCUT2D eigenvalue weighted by molar-refractivity contribution is 0.915. The van der Waals surface area contributed by atoms with Crippen molar-refractivity contribution in [1.82, 2.24) is 19.9 Å². The van der Waals surface area contributed by atoms with Crippen molar-refractivity contribution in [1.29, 1.82) is 0 Å². The van der Waals surface area contributed by atoms with E-state index in [-0.39, 0.29) is 0 Å². The highest BCUT2D eigenvalue weighted by molar-refractivity contribution is 7.99. The second-order valence-corrected chi connectivity index (χ2v) is 7.58. The number of anilines is 1. The normalized spacial score (nSPS) is 13.4. The summed E-state index contributed by atoms with van der Waals surface area (Å²) in [5.74, 6) is 1.72. The van der Waals surface area contributed by atoms with Gasteiger partial charge in [0.25, 0.3) is 0 Å². The van der Waals surface area contributed by atoms with Crippen molar-refractivity contribution in [2.75, 3.05) is 17.6 Å². The zero-order valence-corrected chi connectivity index (χ0v) is 14.3. The van der Waals surface area contributed by atoms with Crippen molar-refractivity contribution in [3.63, 3.8) is 0 Å². The van der Waals surface area contributed by atoms with Gasteiger partial charge in [-0.1, -0.05) is 0 Å². The van der Waals surface area contributed by atoms with Crippen molar-refractivity contribution in [2.45, 2.75) is 30.7 Å². The number of hydrogen-bond acceptors (Lipinski definition) is 7. The summed E-state index contributed by atoms with van der Waals surface area (Å²) in [5.41, 5.74) is 1.50. The molecule has 0 radical (unpaired) electrons. The number of fused-ring (bicyclic) bond motifs is 3. The number of aromatic nitrogens is 4. The Bertz CT molecular complexity index is 803. The number of hydrogen-bond donors (Lipinski definition) is 1. The standard InChI is InChI=1S/C16H17N5S2/c1-4-11-12(5-1)23-15-13(11)14(20-10-21-15)22-9-3-8-19-16-17-6-2-7-18-16/h2,6-7,10H,1,3-5,8-9H2,(H,17,18,19). The van der Waals surface area contributed by atoms with E-state index in [4.69, 9.17) is 0 Å². The zero-order valence-electron chi connectivity index (χ0n) is 12.7. The summed E-state index contributed by atoms with van der Waals surface area (Å²) in [7, 11) is 0. The van der Waals surface area contributed by atoms with Crippen LogP contribution in [-0.2, 0) is 12.8 Å². The molecule has 1 aliphatic rings. The molecule has 0 amide bonds. The third-order valence-corrected chi connectivity index (χ3v) is 6.15. The lowest BCUT2D eigenvalue weighted by Crippen LogP contribution is -2.05. The first-order chi connectivity index (χ1) is 11.4. The van der Waals surface area contributed by atoms with Gasteiger partial charge in [0.05, 0.1) is 0 Å². The van der Waals surface area contributed by atoms with E-state index in [1.54, 1.807) is 18.7 Å². The van der Waals surface area contributed by atoms with Crippen molar-refractivity contribution >= 4 is 39.3 Å². The second kappa shape index (κ2) is 6.80. The summed E-state index contributed by atoms with van der Waals surface area (Å²) < 4.78 is 0. The maximum absolute atomic E-state index is 4.53. The molecular formula is C16H17N5S2. The number of aryl methyl sites for hydroxylation is 2. The number of nitrogens with one attached hydrogen (secondary N) is 1. The van der Waals surface area contributed by atoms with Crippen molar-refractivity contribution < 1.29 is 0 Å². The Balaban J connectivity index is 1.37. The molecule has 3 aromatic heterocycles. The first-order valence-electron chi connectivity index (χ1n) is 7.81. The van der Waals surface area contributed by atoms with Crippen LogP contribution in [0.25, 0.3) is 10.2 Å². The van der Waals surface area contributed by atoms with E-state index < -0.39 is 0 Å². The molecule has 3 aromatic rings. The Labute approximate surface area is 143 Å². The number of thioether (sulfide) groups is 1. The molecule has 0 saturated carbocycles. The minimum Gasteiger partial charge on any atom is -0.354 e. The Kier molecular flexibility index (Phi) is 4.39. The number of thiophene rings is 1. The molecule has 0 aliphatic heterocycles. The summed E-state index contributed by atoms with van der Waals surface area (Å²) in [6, 6.07) is 1.82. The fourth-order valence-electron chi connectivity index (χ4n) is 2.84. The van der Waals surface area contributed by atoms with E-state index in [9.17, 15) is 0 Å². The molecule has 0 atom stereocenters. The first-order valence-corrected chi connectivity index (χ1v) is 9.61. The maximum Gasteiger partial charge on any atom is 0.222 e. The molecule has 0 spiro atoms. The van der Waals surface area contributed by atoms with E-state index in [1.165, 1.54) is 35.1 Å². The molecular weight excluding hydrogens is 326 g/mol. The van der Waals surface area contributed by atoms with E-state index in [2.05, 4.69) is 25.3 Å². The van der Waals surface area contributed by atoms with Gasteiger partial charge >= 0.3 is 0 Å². The third kappa shape index (κ3) is 3.16. The molecule has 4 rings (SSSR count). The average Bonchev–Trinajstić information content (AvgIpc) is 3.16. The van der Waals surface area contributed by atoms with E-state index in [0.29, 0.717) is 5.95 Å². The van der Waals surface area contributed by atoms with Crippen LogP contribution in [0.3, 0.4) is 0 Å². The summed E-state index contributed by atoms with van der Waals surface area (Å²) >= 11 is 3.68. The smallest absolute Gasteiger partial charge is 0.222 e. The predicted molar refractivity (Wildman–Crippen MR) is 95.3 cm³/mol. The topological polar surface area (TPSA) is 63.6 Å². The van der Waals surface area contributed by atoms with Crippen LogP contribution in [0.4, 0.5) is 5.95 Å². The quantitative estimate of drug-likeness (QED) is 0.419. The third-order valence-electron chi connectivity index (χ3n) is 3.88. The Morgan fingerprint density at radius 1 is 1.13 bits per heavy atom. The SMILES string of the molecule is c1cnc(NCCCSc2ncnc3sc4c(c23)CCC4)nc1. The highest BCUT2D eigenvalue weighted by Crippen LogP contribution is 2.40. The van der Waals surface area contributed by atoms with Crippen LogP contribution in [0, 0.1) is 0 Å². The first kappa shape index (κ1) is 14.8. The maximum atomic E-state index is 4.53. The molecule has 7 heteroatoms. The molecule has 0 aromatic carbocycles. The highest BCUT2D eigenvalue weighted by atomic mass is 32.2. The summed E-state index contributed by atoms with van der Waals surface area (Å²) in [6.45, 7) is 0.868. The molecule has 5 nitrogen and oxygen atoms in total. The largest absolute Gasteiger partial charge is 0.354 e. The summed E-state index contributed by atoms with van der Waals surface area (Å²) in [4.78, 5) is 20.0. The Morgan fingerprint density at radius 2 is 2.04 bits per heavy atom. The average molecular weight is 343 g/mol. The van der Waals surface area contributed by atoms with E-state index in [1.807, 2.05) is 29.2 Å². The van der Waals surface area contributed by atoms with Gasteiger partial charge in [0, 0.05) is 35.0 Å². The zero-order chi connectivity index (χ0) is 15.5. The molecule has 1 aliphatic carbocycles. The molecule has 0 unspecified atom stereocenters. The van der Waals surface area contributed by atoms with Gasteiger partial charge in [-0.15, -0.1) is 23.1 Å². The van der Waals surface area contributed by atoms with Crippen LogP contribution >= 0.6 is 23.1 Å². The van der Waals surface area contributed by atoms with Crippen LogP contribution in [0.1, 0.15) is 23.3 Å². The summed E-state index contributed by atoms with van der Waals surface area (Å²) in [6.07, 6.45) is 9.91. The van der Waals surface area contributed by atoms with Crippen molar-refractivity contribution in [3.8, 4) is 0 Å². The minimum absolute atomic E-state index is 0.692. The predicted octanol–water partition coefficient (Wildman–Crippen LogP) is 3.56. The molecule has 0 bridgehead atoms. The lowest BCUT2D eigenvalue weighted by atomic mass is 10.2. The van der Waals surface area contributed by atoms with Gasteiger partial charge in [-0.3, -0.25) is 0 Å². The van der Waals surface area contributed by atoms with Gasteiger partial charge in [0.1, 0.15) is 16.2 Å². The fraction of sp³-hybridized carbons (Fsp3) is 0.375. The lowest BCUT2D eigenvalue weighted by Gasteiger charge is -2.05. The molecule has 23 heavy (non-hydrogen) atoms. The van der Waals surface area contributed by atoms with E-state index >= 15 is 0 Å². The van der Waals surface area contributed by atoms with E-state index in [0.717, 1.165) is 28.6 Å². The Hall–Kier alpha value is -1.73. The summed E-state index contributed by atoms with van der Waals surface area (Å²) in [5, 5.41) is 5.70. The van der Waals surface area contributed by atoms with Crippen molar-refractivity contribution in [2.24, 2.45) is 0 Å². The van der Waals surface area contributed by atoms with Crippen LogP contribution in [-0.4, -0.2) is 32.2 Å². The van der Waals surface area contributed by atoms with Crippen LogP contribution < -0.4 is 5.32 Å². The van der Waals surface area contributed by atoms with Gasteiger partial charge < -0.3 is 5.32 Å². The molecule has 0 fully saturated rings. The van der Waals surface area contributed by atoms with Gasteiger partial charge in [-0.25, -0.2) is 19.9 Å². The molecule has 1 N–H and O–H groups in total. The van der Waals surface area contributed by atoms with Crippen molar-refractivity contribution in [3.05, 3.63) is 35.2 Å². The Morgan fingerprint density at radius 3 is 2.96 bits per heavy atom. The number of nitrogens with zero attached hydrogens (tertiary/aromatic N) is 4.